The lowest BCUT2D eigenvalue weighted by Crippen LogP contribution is -2.37. The van der Waals surface area contributed by atoms with Gasteiger partial charge in [0.15, 0.2) is 11.2 Å². The molecule has 3 heterocycles. The minimum atomic E-state index is -1.02. The second-order valence-electron chi connectivity index (χ2n) is 11.6. The van der Waals surface area contributed by atoms with Gasteiger partial charge in [-0.05, 0) is 41.0 Å². The van der Waals surface area contributed by atoms with E-state index in [1.54, 1.807) is 32.6 Å². The molecule has 1 fully saturated rings. The van der Waals surface area contributed by atoms with Crippen LogP contribution in [0.3, 0.4) is 0 Å². The van der Waals surface area contributed by atoms with Crippen molar-refractivity contribution in [1.29, 1.82) is 0 Å². The number of fused-ring (bicyclic) bond motifs is 1. The number of aromatic amines is 1. The highest BCUT2D eigenvalue weighted by atomic mass is 32.1. The standard InChI is InChI=1S/C35H37N5O6S/c1-21(2)32(41)38-34-37-31-30(33(42)39-34)36-20-40(31)29-18-28(47)27(46-29)19-45-35(22-8-6-5-7-9-22,23-10-14-25(43-3)15-11-23)24-12-16-26(44-4)17-13-24/h5-17,20-21,27-29,47H,18-19H2,1-4H3,(H2,37,38,39,41,42)/t27-,28+,29-/m1/s1. The summed E-state index contributed by atoms with van der Waals surface area (Å²) in [5, 5.41) is 2.45. The fourth-order valence-corrected chi connectivity index (χ4v) is 6.11. The van der Waals surface area contributed by atoms with E-state index < -0.39 is 23.5 Å². The van der Waals surface area contributed by atoms with E-state index in [0.717, 1.165) is 28.2 Å². The SMILES string of the molecule is COc1ccc(C(OC[C@H]2O[C@@H](n3cnc4c(=O)[nH]c(NC(=O)C(C)C)nc43)C[C@@H]2S)(c2ccccc2)c2ccc(OC)cc2)cc1. The van der Waals surface area contributed by atoms with Crippen LogP contribution in [0.25, 0.3) is 11.2 Å². The Labute approximate surface area is 277 Å². The smallest absolute Gasteiger partial charge is 0.280 e. The summed E-state index contributed by atoms with van der Waals surface area (Å²) in [4.78, 5) is 36.5. The number of nitrogens with one attached hydrogen (secondary N) is 2. The lowest BCUT2D eigenvalue weighted by Gasteiger charge is -2.37. The highest BCUT2D eigenvalue weighted by Gasteiger charge is 2.42. The maximum Gasteiger partial charge on any atom is 0.280 e. The third-order valence-corrected chi connectivity index (χ3v) is 8.89. The summed E-state index contributed by atoms with van der Waals surface area (Å²) < 4.78 is 26.2. The van der Waals surface area contributed by atoms with Gasteiger partial charge in [-0.3, -0.25) is 24.5 Å². The van der Waals surface area contributed by atoms with Crippen molar-refractivity contribution in [2.24, 2.45) is 5.92 Å². The number of imidazole rings is 1. The number of amides is 1. The molecule has 11 nitrogen and oxygen atoms in total. The van der Waals surface area contributed by atoms with Crippen LogP contribution in [-0.4, -0.2) is 57.6 Å². The highest BCUT2D eigenvalue weighted by molar-refractivity contribution is 7.81. The Morgan fingerprint density at radius 1 is 1.00 bits per heavy atom. The van der Waals surface area contributed by atoms with Gasteiger partial charge < -0.3 is 18.9 Å². The number of hydrogen-bond donors (Lipinski definition) is 3. The number of carbonyl (C=O) groups excluding carboxylic acids is 1. The van der Waals surface area contributed by atoms with Gasteiger partial charge in [-0.25, -0.2) is 4.98 Å². The van der Waals surface area contributed by atoms with Crippen molar-refractivity contribution < 1.29 is 23.7 Å². The molecule has 0 aliphatic carbocycles. The quantitative estimate of drug-likeness (QED) is 0.129. The van der Waals surface area contributed by atoms with Gasteiger partial charge in [0, 0.05) is 17.6 Å². The molecule has 0 radical (unpaired) electrons. The first-order valence-electron chi connectivity index (χ1n) is 15.3. The molecule has 47 heavy (non-hydrogen) atoms. The first-order valence-corrected chi connectivity index (χ1v) is 15.8. The molecule has 0 saturated carbocycles. The lowest BCUT2D eigenvalue weighted by molar-refractivity contribution is -0.118. The van der Waals surface area contributed by atoms with Crippen molar-refractivity contribution >= 4 is 35.6 Å². The van der Waals surface area contributed by atoms with E-state index in [9.17, 15) is 9.59 Å². The van der Waals surface area contributed by atoms with Crippen LogP contribution in [0.15, 0.2) is 90.0 Å². The molecule has 244 valence electrons. The second kappa shape index (κ2) is 13.6. The minimum Gasteiger partial charge on any atom is -0.497 e. The summed E-state index contributed by atoms with van der Waals surface area (Å²) in [6.07, 6.45) is 1.08. The van der Waals surface area contributed by atoms with Gasteiger partial charge in [0.1, 0.15) is 23.3 Å². The number of thiol groups is 1. The van der Waals surface area contributed by atoms with Gasteiger partial charge >= 0.3 is 0 Å². The van der Waals surface area contributed by atoms with E-state index in [0.29, 0.717) is 12.1 Å². The number of nitrogens with zero attached hydrogens (tertiary/aromatic N) is 3. The maximum atomic E-state index is 12.8. The second-order valence-corrected chi connectivity index (χ2v) is 12.3. The molecule has 1 saturated heterocycles. The van der Waals surface area contributed by atoms with Crippen molar-refractivity contribution in [2.75, 3.05) is 26.1 Å². The minimum absolute atomic E-state index is 0.0508. The topological polar surface area (TPSA) is 130 Å². The van der Waals surface area contributed by atoms with Crippen molar-refractivity contribution in [3.63, 3.8) is 0 Å². The molecule has 3 aromatic carbocycles. The third kappa shape index (κ3) is 6.36. The first kappa shape index (κ1) is 32.3. The fraction of sp³-hybridized carbons (Fsp3) is 0.314. The van der Waals surface area contributed by atoms with Crippen LogP contribution in [0, 0.1) is 5.92 Å². The highest BCUT2D eigenvalue weighted by Crippen LogP contribution is 2.43. The van der Waals surface area contributed by atoms with E-state index in [-0.39, 0.29) is 35.1 Å². The van der Waals surface area contributed by atoms with Crippen molar-refractivity contribution in [3.8, 4) is 11.5 Å². The summed E-state index contributed by atoms with van der Waals surface area (Å²) in [6, 6.07) is 25.7. The van der Waals surface area contributed by atoms with Crippen molar-refractivity contribution in [3.05, 3.63) is 112 Å². The van der Waals surface area contributed by atoms with E-state index in [2.05, 4.69) is 20.3 Å². The number of ether oxygens (including phenoxy) is 4. The summed E-state index contributed by atoms with van der Waals surface area (Å²) in [5.74, 6) is 0.960. The Morgan fingerprint density at radius 3 is 2.17 bits per heavy atom. The summed E-state index contributed by atoms with van der Waals surface area (Å²) in [7, 11) is 3.27. The predicted molar refractivity (Wildman–Crippen MR) is 181 cm³/mol. The molecule has 6 rings (SSSR count). The van der Waals surface area contributed by atoms with Crippen LogP contribution in [-0.2, 0) is 19.9 Å². The van der Waals surface area contributed by atoms with Crippen LogP contribution in [0.1, 0.15) is 43.2 Å². The summed E-state index contributed by atoms with van der Waals surface area (Å²) >= 11 is 4.91. The number of rotatable bonds is 11. The zero-order valence-corrected chi connectivity index (χ0v) is 27.4. The molecule has 2 N–H and O–H groups in total. The van der Waals surface area contributed by atoms with Gasteiger partial charge in [-0.2, -0.15) is 17.6 Å². The van der Waals surface area contributed by atoms with Crippen molar-refractivity contribution in [2.45, 2.75) is 43.5 Å². The maximum absolute atomic E-state index is 12.8. The molecule has 5 aromatic rings. The molecule has 2 aromatic heterocycles. The van der Waals surface area contributed by atoms with E-state index in [1.165, 1.54) is 6.33 Å². The van der Waals surface area contributed by atoms with E-state index >= 15 is 0 Å². The van der Waals surface area contributed by atoms with Gasteiger partial charge in [0.25, 0.3) is 5.56 Å². The molecule has 1 amide bonds. The average Bonchev–Trinajstić information content (AvgIpc) is 3.69. The molecule has 12 heteroatoms. The average molecular weight is 656 g/mol. The van der Waals surface area contributed by atoms with Crippen LogP contribution in [0.5, 0.6) is 11.5 Å². The summed E-state index contributed by atoms with van der Waals surface area (Å²) in [6.45, 7) is 3.70. The molecule has 0 unspecified atom stereocenters. The molecule has 1 aliphatic heterocycles. The van der Waals surface area contributed by atoms with E-state index in [1.807, 2.05) is 78.9 Å². The Hall–Kier alpha value is -4.65. The normalized spacial score (nSPS) is 18.0. The Bertz CT molecular complexity index is 1840. The summed E-state index contributed by atoms with van der Waals surface area (Å²) in [5.41, 5.74) is 1.71. The lowest BCUT2D eigenvalue weighted by atomic mass is 9.80. The number of carbonyl (C=O) groups is 1. The Balaban J connectivity index is 1.33. The zero-order valence-electron chi connectivity index (χ0n) is 26.5. The molecular weight excluding hydrogens is 618 g/mol. The number of aromatic nitrogens is 4. The Morgan fingerprint density at radius 2 is 1.60 bits per heavy atom. The Kier molecular flexibility index (Phi) is 9.35. The largest absolute Gasteiger partial charge is 0.497 e. The van der Waals surface area contributed by atoms with Crippen LogP contribution in [0.2, 0.25) is 0 Å². The van der Waals surface area contributed by atoms with Gasteiger partial charge in [-0.15, -0.1) is 0 Å². The van der Waals surface area contributed by atoms with Crippen molar-refractivity contribution in [1.82, 2.24) is 19.5 Å². The van der Waals surface area contributed by atoms with Crippen LogP contribution >= 0.6 is 12.6 Å². The number of anilines is 1. The zero-order chi connectivity index (χ0) is 33.1. The van der Waals surface area contributed by atoms with Gasteiger partial charge in [0.05, 0.1) is 33.3 Å². The molecular formula is C35H37N5O6S. The number of methoxy groups -OCH3 is 2. The van der Waals surface area contributed by atoms with Crippen LogP contribution in [0.4, 0.5) is 5.95 Å². The van der Waals surface area contributed by atoms with E-state index in [4.69, 9.17) is 31.6 Å². The molecule has 0 bridgehead atoms. The fourth-order valence-electron chi connectivity index (χ4n) is 5.77. The molecule has 1 aliphatic rings. The monoisotopic (exact) mass is 655 g/mol. The number of H-pyrrole nitrogens is 1. The van der Waals surface area contributed by atoms with Gasteiger partial charge in [0.2, 0.25) is 11.9 Å². The number of benzene rings is 3. The van der Waals surface area contributed by atoms with Crippen LogP contribution < -0.4 is 20.3 Å². The predicted octanol–water partition coefficient (Wildman–Crippen LogP) is 5.33. The van der Waals surface area contributed by atoms with Gasteiger partial charge in [-0.1, -0.05) is 68.4 Å². The molecule has 0 spiro atoms. The molecule has 3 atom stereocenters. The number of hydrogen-bond acceptors (Lipinski definition) is 9. The third-order valence-electron chi connectivity index (χ3n) is 8.35. The first-order chi connectivity index (χ1) is 22.7.